The molecule has 0 fully saturated rings. The predicted molar refractivity (Wildman–Crippen MR) is 111 cm³/mol. The Morgan fingerprint density at radius 3 is 2.39 bits per heavy atom. The average Bonchev–Trinajstić information content (AvgIpc) is 2.79. The third-order valence-corrected chi connectivity index (χ3v) is 4.64. The van der Waals surface area contributed by atoms with Gasteiger partial charge in [0.25, 0.3) is 5.76 Å². The van der Waals surface area contributed by atoms with E-state index in [0.29, 0.717) is 11.3 Å². The first-order valence-corrected chi connectivity index (χ1v) is 9.62. The number of halogens is 4. The molecule has 0 N–H and O–H groups in total. The van der Waals surface area contributed by atoms with Crippen LogP contribution in [0.15, 0.2) is 75.9 Å². The zero-order valence-corrected chi connectivity index (χ0v) is 17.1. The molecule has 0 aliphatic heterocycles. The molecule has 4 aromatic rings. The van der Waals surface area contributed by atoms with Crippen LogP contribution in [0.5, 0.6) is 23.0 Å². The highest BCUT2D eigenvalue weighted by molar-refractivity contribution is 5.79. The van der Waals surface area contributed by atoms with Gasteiger partial charge in [0.15, 0.2) is 0 Å². The molecule has 0 bridgehead atoms. The molecule has 3 aromatic carbocycles. The van der Waals surface area contributed by atoms with Crippen LogP contribution in [-0.2, 0) is 12.8 Å². The standard InChI is InChI=1S/C24H16F4O5/c1-30-16-6-3-7-18(11-16)32-22-21(29)19-9-8-17(12-20(19)33-23(22)24(26,27)28)31-13-14-4-2-5-15(25)10-14/h2-12H,13H2,1H3. The van der Waals surface area contributed by atoms with Gasteiger partial charge in [-0.2, -0.15) is 13.2 Å². The van der Waals surface area contributed by atoms with Crippen LogP contribution in [0.2, 0.25) is 0 Å². The van der Waals surface area contributed by atoms with Gasteiger partial charge in [-0.25, -0.2) is 4.39 Å². The van der Waals surface area contributed by atoms with E-state index in [0.717, 1.165) is 0 Å². The summed E-state index contributed by atoms with van der Waals surface area (Å²) in [6.45, 7) is -0.0311. The third kappa shape index (κ3) is 4.92. The quantitative estimate of drug-likeness (QED) is 0.315. The minimum Gasteiger partial charge on any atom is -0.497 e. The molecule has 5 nitrogen and oxygen atoms in total. The molecule has 1 heterocycles. The molecule has 1 aromatic heterocycles. The van der Waals surface area contributed by atoms with Gasteiger partial charge in [0.2, 0.25) is 11.2 Å². The van der Waals surface area contributed by atoms with Crippen molar-refractivity contribution in [2.24, 2.45) is 0 Å². The molecule has 170 valence electrons. The number of alkyl halides is 3. The van der Waals surface area contributed by atoms with Crippen LogP contribution in [0.25, 0.3) is 11.0 Å². The van der Waals surface area contributed by atoms with E-state index in [1.807, 2.05) is 0 Å². The molecule has 0 saturated carbocycles. The third-order valence-electron chi connectivity index (χ3n) is 4.64. The Kier molecular flexibility index (Phi) is 5.95. The number of hydrogen-bond acceptors (Lipinski definition) is 5. The molecule has 0 saturated heterocycles. The highest BCUT2D eigenvalue weighted by atomic mass is 19.4. The van der Waals surface area contributed by atoms with Crippen molar-refractivity contribution in [2.75, 3.05) is 7.11 Å². The number of hydrogen-bond donors (Lipinski definition) is 0. The summed E-state index contributed by atoms with van der Waals surface area (Å²) in [5.74, 6) is -2.56. The fourth-order valence-electron chi connectivity index (χ4n) is 3.10. The van der Waals surface area contributed by atoms with Gasteiger partial charge in [-0.05, 0) is 42.0 Å². The van der Waals surface area contributed by atoms with Crippen LogP contribution < -0.4 is 19.6 Å². The van der Waals surface area contributed by atoms with E-state index in [2.05, 4.69) is 0 Å². The van der Waals surface area contributed by atoms with Crippen molar-refractivity contribution < 1.29 is 36.2 Å². The summed E-state index contributed by atoms with van der Waals surface area (Å²) >= 11 is 0. The molecule has 0 spiro atoms. The number of benzene rings is 3. The van der Waals surface area contributed by atoms with Crippen LogP contribution in [-0.4, -0.2) is 7.11 Å². The van der Waals surface area contributed by atoms with Gasteiger partial charge in [-0.3, -0.25) is 4.79 Å². The van der Waals surface area contributed by atoms with Crippen molar-refractivity contribution in [2.45, 2.75) is 12.8 Å². The van der Waals surface area contributed by atoms with E-state index in [1.165, 1.54) is 61.7 Å². The smallest absolute Gasteiger partial charge is 0.453 e. The normalized spacial score (nSPS) is 11.4. The molecule has 9 heteroatoms. The fourth-order valence-corrected chi connectivity index (χ4v) is 3.10. The summed E-state index contributed by atoms with van der Waals surface area (Å²) in [7, 11) is 1.39. The van der Waals surface area contributed by atoms with Crippen molar-refractivity contribution in [1.29, 1.82) is 0 Å². The Morgan fingerprint density at radius 1 is 0.909 bits per heavy atom. The number of ether oxygens (including phenoxy) is 3. The first-order chi connectivity index (χ1) is 15.7. The van der Waals surface area contributed by atoms with E-state index in [1.54, 1.807) is 12.1 Å². The molecular weight excluding hydrogens is 444 g/mol. The van der Waals surface area contributed by atoms with Crippen LogP contribution in [0.4, 0.5) is 17.6 Å². The second-order valence-corrected chi connectivity index (χ2v) is 6.94. The maximum atomic E-state index is 13.7. The molecule has 0 radical (unpaired) electrons. The van der Waals surface area contributed by atoms with E-state index in [-0.39, 0.29) is 29.1 Å². The zero-order valence-electron chi connectivity index (χ0n) is 17.1. The van der Waals surface area contributed by atoms with Gasteiger partial charge in [0, 0.05) is 12.1 Å². The minimum absolute atomic E-state index is 0.0263. The molecule has 0 amide bonds. The molecule has 0 unspecified atom stereocenters. The average molecular weight is 460 g/mol. The Bertz CT molecular complexity index is 1360. The molecule has 0 aliphatic carbocycles. The second kappa shape index (κ2) is 8.85. The number of fused-ring (bicyclic) bond motifs is 1. The van der Waals surface area contributed by atoms with E-state index < -0.39 is 28.9 Å². The van der Waals surface area contributed by atoms with Crippen molar-refractivity contribution in [1.82, 2.24) is 0 Å². The lowest BCUT2D eigenvalue weighted by atomic mass is 10.2. The molecule has 4 rings (SSSR count). The Labute approximate surface area is 184 Å². The summed E-state index contributed by atoms with van der Waals surface area (Å²) in [4.78, 5) is 12.9. The molecule has 0 aliphatic rings. The summed E-state index contributed by atoms with van der Waals surface area (Å²) in [6, 6.07) is 15.3. The van der Waals surface area contributed by atoms with E-state index in [4.69, 9.17) is 18.6 Å². The largest absolute Gasteiger partial charge is 0.497 e. The van der Waals surface area contributed by atoms with Crippen LogP contribution in [0, 0.1) is 5.82 Å². The SMILES string of the molecule is COc1cccc(Oc2c(C(F)(F)F)oc3cc(OCc4cccc(F)c4)ccc3c2=O)c1. The molecule has 33 heavy (non-hydrogen) atoms. The monoisotopic (exact) mass is 460 g/mol. The van der Waals surface area contributed by atoms with Crippen LogP contribution in [0.1, 0.15) is 11.3 Å². The lowest BCUT2D eigenvalue weighted by Gasteiger charge is -2.14. The van der Waals surface area contributed by atoms with Crippen LogP contribution in [0.3, 0.4) is 0 Å². The van der Waals surface area contributed by atoms with Gasteiger partial charge < -0.3 is 18.6 Å². The topological polar surface area (TPSA) is 57.9 Å². The van der Waals surface area contributed by atoms with Crippen LogP contribution >= 0.6 is 0 Å². The van der Waals surface area contributed by atoms with Gasteiger partial charge >= 0.3 is 6.18 Å². The summed E-state index contributed by atoms with van der Waals surface area (Å²) < 4.78 is 75.3. The Morgan fingerprint density at radius 2 is 1.67 bits per heavy atom. The maximum absolute atomic E-state index is 13.7. The van der Waals surface area contributed by atoms with Crippen molar-refractivity contribution >= 4 is 11.0 Å². The number of methoxy groups -OCH3 is 1. The summed E-state index contributed by atoms with van der Waals surface area (Å²) in [6.07, 6.45) is -5.00. The van der Waals surface area contributed by atoms with Gasteiger partial charge in [0.05, 0.1) is 12.5 Å². The predicted octanol–water partition coefficient (Wildman–Crippen LogP) is 6.33. The minimum atomic E-state index is -5.00. The molecule has 0 atom stereocenters. The summed E-state index contributed by atoms with van der Waals surface area (Å²) in [5.41, 5.74) is -0.806. The summed E-state index contributed by atoms with van der Waals surface area (Å²) in [5, 5.41) is -0.126. The zero-order chi connectivity index (χ0) is 23.6. The fraction of sp³-hybridized carbons (Fsp3) is 0.125. The second-order valence-electron chi connectivity index (χ2n) is 6.94. The van der Waals surface area contributed by atoms with Crippen molar-refractivity contribution in [3.63, 3.8) is 0 Å². The van der Waals surface area contributed by atoms with Crippen molar-refractivity contribution in [3.05, 3.63) is 94.1 Å². The van der Waals surface area contributed by atoms with E-state index >= 15 is 0 Å². The number of rotatable bonds is 6. The van der Waals surface area contributed by atoms with Crippen molar-refractivity contribution in [3.8, 4) is 23.0 Å². The Hall–Kier alpha value is -4.01. The highest BCUT2D eigenvalue weighted by Crippen LogP contribution is 2.39. The maximum Gasteiger partial charge on any atom is 0.453 e. The Balaban J connectivity index is 1.72. The van der Waals surface area contributed by atoms with E-state index in [9.17, 15) is 22.4 Å². The van der Waals surface area contributed by atoms with Gasteiger partial charge in [-0.1, -0.05) is 18.2 Å². The highest BCUT2D eigenvalue weighted by Gasteiger charge is 2.40. The van der Waals surface area contributed by atoms with Gasteiger partial charge in [-0.15, -0.1) is 0 Å². The first-order valence-electron chi connectivity index (χ1n) is 9.62. The molecular formula is C24H16F4O5. The lowest BCUT2D eigenvalue weighted by Crippen LogP contribution is -2.15. The lowest BCUT2D eigenvalue weighted by molar-refractivity contribution is -0.154. The van der Waals surface area contributed by atoms with Gasteiger partial charge in [0.1, 0.15) is 35.3 Å². The first kappa shape index (κ1) is 22.2.